The molecule has 202 valence electrons. The maximum absolute atomic E-state index is 12.5. The smallest absolute Gasteiger partial charge is 0.225 e. The van der Waals surface area contributed by atoms with Gasteiger partial charge in [0.25, 0.3) is 0 Å². The van der Waals surface area contributed by atoms with Crippen molar-refractivity contribution in [3.63, 3.8) is 0 Å². The van der Waals surface area contributed by atoms with E-state index in [1.54, 1.807) is 18.1 Å². The van der Waals surface area contributed by atoms with Gasteiger partial charge in [-0.1, -0.05) is 25.5 Å². The molecule has 8 heteroatoms. The summed E-state index contributed by atoms with van der Waals surface area (Å²) in [6, 6.07) is 8.69. The van der Waals surface area contributed by atoms with Gasteiger partial charge in [-0.2, -0.15) is 0 Å². The molecular weight excluding hydrogens is 464 g/mol. The highest BCUT2D eigenvalue weighted by atomic mass is 16.2. The third-order valence-electron chi connectivity index (χ3n) is 8.58. The standard InChI is InChI=1S/C29H44N6O2/c1-22-19-35(20-26(22)18-30)23(2)17-24-7-9-27(10-8-24)34(21-36)12-11-28(31-3)32-13-15-33(16-14-32)29(37)25-5-4-6-25/h7-12,21-23,25-26H,4-6,13-20,30H2,1-3H3/b12-11-,31-28+/t22?,23?,26-/m1/s1. The number of aliphatic imine (C=N–C) groups is 1. The molecule has 3 aliphatic rings. The van der Waals surface area contributed by atoms with E-state index < -0.39 is 0 Å². The number of likely N-dealkylation sites (tertiary alicyclic amines) is 1. The van der Waals surface area contributed by atoms with E-state index in [0.29, 0.717) is 23.8 Å². The number of amidine groups is 1. The highest BCUT2D eigenvalue weighted by molar-refractivity contribution is 5.94. The Kier molecular flexibility index (Phi) is 9.38. The molecule has 0 spiro atoms. The van der Waals surface area contributed by atoms with Gasteiger partial charge in [0, 0.05) is 70.2 Å². The maximum Gasteiger partial charge on any atom is 0.225 e. The van der Waals surface area contributed by atoms with Crippen molar-refractivity contribution in [2.45, 2.75) is 45.6 Å². The zero-order chi connectivity index (χ0) is 26.4. The van der Waals surface area contributed by atoms with Gasteiger partial charge >= 0.3 is 0 Å². The summed E-state index contributed by atoms with van der Waals surface area (Å²) in [5, 5.41) is 0. The van der Waals surface area contributed by atoms with Gasteiger partial charge in [-0.3, -0.25) is 24.4 Å². The number of nitrogens with zero attached hydrogens (tertiary/aromatic N) is 5. The number of hydrogen-bond donors (Lipinski definition) is 1. The average molecular weight is 509 g/mol. The van der Waals surface area contributed by atoms with Crippen molar-refractivity contribution in [3.05, 3.63) is 42.1 Å². The summed E-state index contributed by atoms with van der Waals surface area (Å²) in [6.45, 7) is 10.5. The van der Waals surface area contributed by atoms with Gasteiger partial charge in [-0.25, -0.2) is 0 Å². The summed E-state index contributed by atoms with van der Waals surface area (Å²) in [5.74, 6) is 2.62. The Morgan fingerprint density at radius 1 is 1.14 bits per heavy atom. The predicted octanol–water partition coefficient (Wildman–Crippen LogP) is 2.59. The number of anilines is 1. The second kappa shape index (κ2) is 12.7. The third kappa shape index (κ3) is 6.60. The van der Waals surface area contributed by atoms with E-state index in [1.807, 2.05) is 23.1 Å². The zero-order valence-corrected chi connectivity index (χ0v) is 22.8. The second-order valence-electron chi connectivity index (χ2n) is 11.0. The molecule has 37 heavy (non-hydrogen) atoms. The second-order valence-corrected chi connectivity index (χ2v) is 11.0. The van der Waals surface area contributed by atoms with Crippen LogP contribution in [0, 0.1) is 17.8 Å². The van der Waals surface area contributed by atoms with Crippen LogP contribution < -0.4 is 10.6 Å². The van der Waals surface area contributed by atoms with Crippen molar-refractivity contribution in [2.24, 2.45) is 28.5 Å². The first-order chi connectivity index (χ1) is 17.9. The molecule has 0 bridgehead atoms. The van der Waals surface area contributed by atoms with E-state index in [9.17, 15) is 9.59 Å². The van der Waals surface area contributed by atoms with Crippen LogP contribution >= 0.6 is 0 Å². The van der Waals surface area contributed by atoms with Crippen molar-refractivity contribution >= 4 is 23.8 Å². The van der Waals surface area contributed by atoms with Gasteiger partial charge < -0.3 is 15.5 Å². The quantitative estimate of drug-likeness (QED) is 0.315. The zero-order valence-electron chi connectivity index (χ0n) is 22.8. The Labute approximate surface area is 222 Å². The topological polar surface area (TPSA) is 85.5 Å². The molecule has 3 atom stereocenters. The molecule has 2 N–H and O–H groups in total. The first-order valence-electron chi connectivity index (χ1n) is 13.9. The monoisotopic (exact) mass is 508 g/mol. The number of nitrogens with two attached hydrogens (primary N) is 1. The highest BCUT2D eigenvalue weighted by Gasteiger charge is 2.32. The Morgan fingerprint density at radius 2 is 1.81 bits per heavy atom. The van der Waals surface area contributed by atoms with Crippen LogP contribution in [-0.2, 0) is 16.0 Å². The Balaban J connectivity index is 1.30. The first-order valence-corrected chi connectivity index (χ1v) is 13.9. The van der Waals surface area contributed by atoms with Crippen LogP contribution in [-0.4, -0.2) is 91.8 Å². The minimum atomic E-state index is 0.244. The molecule has 0 aromatic heterocycles. The van der Waals surface area contributed by atoms with Crippen LogP contribution in [0.25, 0.3) is 0 Å². The number of rotatable bonds is 9. The molecule has 8 nitrogen and oxygen atoms in total. The lowest BCUT2D eigenvalue weighted by Crippen LogP contribution is -2.52. The molecule has 2 amide bonds. The van der Waals surface area contributed by atoms with E-state index in [1.165, 1.54) is 12.0 Å². The number of carbonyl (C=O) groups is 2. The van der Waals surface area contributed by atoms with Gasteiger partial charge in [0.1, 0.15) is 5.84 Å². The van der Waals surface area contributed by atoms with Gasteiger partial charge in [-0.15, -0.1) is 0 Å². The fourth-order valence-corrected chi connectivity index (χ4v) is 5.74. The molecule has 0 radical (unpaired) electrons. The number of hydrogen-bond acceptors (Lipinski definition) is 5. The van der Waals surface area contributed by atoms with Crippen LogP contribution in [0.3, 0.4) is 0 Å². The summed E-state index contributed by atoms with van der Waals surface area (Å²) in [6.07, 6.45) is 8.72. The maximum atomic E-state index is 12.5. The number of piperazine rings is 1. The normalized spacial score (nSPS) is 24.4. The molecule has 4 rings (SSSR count). The van der Waals surface area contributed by atoms with Crippen LogP contribution in [0.4, 0.5) is 5.69 Å². The molecule has 2 aliphatic heterocycles. The van der Waals surface area contributed by atoms with Gasteiger partial charge in [-0.05, 0) is 68.3 Å². The number of carbonyl (C=O) groups excluding carboxylic acids is 2. The fourth-order valence-electron chi connectivity index (χ4n) is 5.74. The molecular formula is C29H44N6O2. The Bertz CT molecular complexity index is 965. The van der Waals surface area contributed by atoms with Crippen molar-refractivity contribution in [2.75, 3.05) is 57.8 Å². The number of amides is 2. The number of benzene rings is 1. The summed E-state index contributed by atoms with van der Waals surface area (Å²) in [7, 11) is 1.77. The summed E-state index contributed by atoms with van der Waals surface area (Å²) in [5.41, 5.74) is 8.03. The lowest BCUT2D eigenvalue weighted by atomic mass is 9.84. The van der Waals surface area contributed by atoms with E-state index >= 15 is 0 Å². The molecule has 2 heterocycles. The molecule has 1 aromatic carbocycles. The summed E-state index contributed by atoms with van der Waals surface area (Å²) >= 11 is 0. The van der Waals surface area contributed by atoms with E-state index in [2.05, 4.69) is 40.8 Å². The Morgan fingerprint density at radius 3 is 2.35 bits per heavy atom. The summed E-state index contributed by atoms with van der Waals surface area (Å²) in [4.78, 5) is 37.2. The van der Waals surface area contributed by atoms with E-state index in [4.69, 9.17) is 5.73 Å². The molecule has 1 saturated carbocycles. The van der Waals surface area contributed by atoms with Crippen molar-refractivity contribution in [3.8, 4) is 0 Å². The lowest BCUT2D eigenvalue weighted by molar-refractivity contribution is -0.139. The third-order valence-corrected chi connectivity index (χ3v) is 8.58. The molecule has 2 saturated heterocycles. The lowest BCUT2D eigenvalue weighted by Gasteiger charge is -2.39. The largest absolute Gasteiger partial charge is 0.353 e. The Hall–Kier alpha value is -2.71. The highest BCUT2D eigenvalue weighted by Crippen LogP contribution is 2.29. The average Bonchev–Trinajstić information content (AvgIpc) is 3.27. The van der Waals surface area contributed by atoms with Gasteiger partial charge in [0.15, 0.2) is 0 Å². The summed E-state index contributed by atoms with van der Waals surface area (Å²) < 4.78 is 0. The minimum absolute atomic E-state index is 0.244. The van der Waals surface area contributed by atoms with Crippen molar-refractivity contribution in [1.29, 1.82) is 0 Å². The van der Waals surface area contributed by atoms with Crippen LogP contribution in [0.2, 0.25) is 0 Å². The SMILES string of the molecule is C/N=C(\C=C/N(C=O)c1ccc(CC(C)N2CC(C)[C@H](CN)C2)cc1)N1CCN(C(=O)C2CCC2)CC1. The predicted molar refractivity (Wildman–Crippen MR) is 149 cm³/mol. The van der Waals surface area contributed by atoms with Crippen molar-refractivity contribution < 1.29 is 9.59 Å². The van der Waals surface area contributed by atoms with Crippen LogP contribution in [0.15, 0.2) is 41.5 Å². The van der Waals surface area contributed by atoms with Gasteiger partial charge in [0.05, 0.1) is 0 Å². The van der Waals surface area contributed by atoms with E-state index in [-0.39, 0.29) is 5.92 Å². The van der Waals surface area contributed by atoms with Gasteiger partial charge in [0.2, 0.25) is 12.3 Å². The fraction of sp³-hybridized carbons (Fsp3) is 0.621. The van der Waals surface area contributed by atoms with Crippen LogP contribution in [0.5, 0.6) is 0 Å². The minimum Gasteiger partial charge on any atom is -0.353 e. The molecule has 1 aromatic rings. The van der Waals surface area contributed by atoms with E-state index in [0.717, 1.165) is 83.0 Å². The van der Waals surface area contributed by atoms with Crippen molar-refractivity contribution in [1.82, 2.24) is 14.7 Å². The molecule has 1 aliphatic carbocycles. The van der Waals surface area contributed by atoms with Crippen LogP contribution in [0.1, 0.15) is 38.7 Å². The molecule has 3 fully saturated rings. The first kappa shape index (κ1) is 27.3. The molecule has 2 unspecified atom stereocenters.